The van der Waals surface area contributed by atoms with Crippen molar-refractivity contribution in [3.8, 4) is 0 Å². The summed E-state index contributed by atoms with van der Waals surface area (Å²) in [5, 5.41) is 4.01. The third kappa shape index (κ3) is 2.90. The van der Waals surface area contributed by atoms with Crippen LogP contribution in [0.1, 0.15) is 36.7 Å². The molecule has 0 atom stereocenters. The first kappa shape index (κ1) is 11.4. The summed E-state index contributed by atoms with van der Waals surface area (Å²) in [5.74, 6) is -0.800. The molecule has 0 amide bonds. The third-order valence-corrected chi connectivity index (χ3v) is 1.99. The molecular formula is C10H14N2O3. The molecule has 5 heteroatoms. The van der Waals surface area contributed by atoms with Gasteiger partial charge in [0.15, 0.2) is 5.78 Å². The van der Waals surface area contributed by atoms with E-state index in [1.807, 2.05) is 13.8 Å². The van der Waals surface area contributed by atoms with E-state index in [1.54, 1.807) is 10.9 Å². The Bertz CT molecular complexity index is 368. The number of carbonyl (C=O) groups excluding carboxylic acids is 2. The summed E-state index contributed by atoms with van der Waals surface area (Å²) in [7, 11) is 1.26. The summed E-state index contributed by atoms with van der Waals surface area (Å²) in [4.78, 5) is 22.4. The van der Waals surface area contributed by atoms with Gasteiger partial charge in [-0.1, -0.05) is 0 Å². The van der Waals surface area contributed by atoms with Crippen LogP contribution in [-0.2, 0) is 9.53 Å². The molecule has 0 N–H and O–H groups in total. The summed E-state index contributed by atoms with van der Waals surface area (Å²) in [6, 6.07) is 0.199. The van der Waals surface area contributed by atoms with Gasteiger partial charge >= 0.3 is 5.97 Å². The quantitative estimate of drug-likeness (QED) is 0.425. The second-order valence-corrected chi connectivity index (χ2v) is 3.48. The third-order valence-electron chi connectivity index (χ3n) is 1.99. The van der Waals surface area contributed by atoms with Gasteiger partial charge in [0.1, 0.15) is 6.42 Å². The van der Waals surface area contributed by atoms with Crippen LogP contribution < -0.4 is 0 Å². The molecule has 0 unspecified atom stereocenters. The zero-order valence-electron chi connectivity index (χ0n) is 9.06. The fraction of sp³-hybridized carbons (Fsp3) is 0.500. The Morgan fingerprint density at radius 1 is 1.53 bits per heavy atom. The molecule has 1 heterocycles. The second kappa shape index (κ2) is 4.72. The van der Waals surface area contributed by atoms with Crippen LogP contribution in [0.25, 0.3) is 0 Å². The molecule has 15 heavy (non-hydrogen) atoms. The lowest BCUT2D eigenvalue weighted by molar-refractivity contribution is -0.139. The van der Waals surface area contributed by atoms with Gasteiger partial charge in [0.2, 0.25) is 0 Å². The number of ketones is 1. The van der Waals surface area contributed by atoms with Gasteiger partial charge < -0.3 is 4.74 Å². The number of nitrogens with zero attached hydrogens (tertiary/aromatic N) is 2. The fourth-order valence-corrected chi connectivity index (χ4v) is 1.07. The Morgan fingerprint density at radius 2 is 2.20 bits per heavy atom. The Hall–Kier alpha value is -1.65. The average molecular weight is 210 g/mol. The lowest BCUT2D eigenvalue weighted by Gasteiger charge is -2.02. The number of hydrogen-bond acceptors (Lipinski definition) is 4. The monoisotopic (exact) mass is 210 g/mol. The average Bonchev–Trinajstić information content (AvgIpc) is 2.66. The Kier molecular flexibility index (Phi) is 3.60. The van der Waals surface area contributed by atoms with Crippen molar-refractivity contribution in [1.29, 1.82) is 0 Å². The zero-order chi connectivity index (χ0) is 11.4. The minimum absolute atomic E-state index is 0.199. The number of hydrogen-bond donors (Lipinski definition) is 0. The molecule has 1 rings (SSSR count). The molecule has 1 aromatic rings. The highest BCUT2D eigenvalue weighted by Gasteiger charge is 2.14. The number of esters is 1. The van der Waals surface area contributed by atoms with Gasteiger partial charge in [0.25, 0.3) is 0 Å². The van der Waals surface area contributed by atoms with Crippen molar-refractivity contribution in [2.75, 3.05) is 7.11 Å². The van der Waals surface area contributed by atoms with Crippen LogP contribution in [-0.4, -0.2) is 28.6 Å². The SMILES string of the molecule is COC(=O)CC(=O)c1cnn(C(C)C)c1. The van der Waals surface area contributed by atoms with Crippen LogP contribution >= 0.6 is 0 Å². The summed E-state index contributed by atoms with van der Waals surface area (Å²) < 4.78 is 6.08. The number of carbonyl (C=O) groups is 2. The van der Waals surface area contributed by atoms with Gasteiger partial charge in [0, 0.05) is 12.2 Å². The molecule has 0 aliphatic heterocycles. The topological polar surface area (TPSA) is 61.2 Å². The van der Waals surface area contributed by atoms with Gasteiger partial charge in [-0.25, -0.2) is 0 Å². The molecule has 82 valence electrons. The maximum Gasteiger partial charge on any atom is 0.313 e. The van der Waals surface area contributed by atoms with Crippen molar-refractivity contribution in [1.82, 2.24) is 9.78 Å². The summed E-state index contributed by atoms with van der Waals surface area (Å²) in [6.45, 7) is 3.92. The van der Waals surface area contributed by atoms with Crippen LogP contribution in [0.3, 0.4) is 0 Å². The van der Waals surface area contributed by atoms with Gasteiger partial charge in [-0.05, 0) is 13.8 Å². The molecular weight excluding hydrogens is 196 g/mol. The molecule has 0 spiro atoms. The smallest absolute Gasteiger partial charge is 0.313 e. The molecule has 1 aromatic heterocycles. The minimum atomic E-state index is -0.530. The van der Waals surface area contributed by atoms with E-state index in [-0.39, 0.29) is 18.2 Å². The standard InChI is InChI=1S/C10H14N2O3/c1-7(2)12-6-8(5-11-12)9(13)4-10(14)15-3/h5-7H,4H2,1-3H3. The van der Waals surface area contributed by atoms with Gasteiger partial charge in [0.05, 0.1) is 18.9 Å². The van der Waals surface area contributed by atoms with E-state index in [4.69, 9.17) is 0 Å². The van der Waals surface area contributed by atoms with Crippen molar-refractivity contribution >= 4 is 11.8 Å². The first-order valence-corrected chi connectivity index (χ1v) is 4.68. The molecule has 0 aliphatic rings. The van der Waals surface area contributed by atoms with Crippen LogP contribution in [0.15, 0.2) is 12.4 Å². The van der Waals surface area contributed by atoms with Gasteiger partial charge in [-0.3, -0.25) is 14.3 Å². The van der Waals surface area contributed by atoms with E-state index in [1.165, 1.54) is 13.3 Å². The van der Waals surface area contributed by atoms with Crippen LogP contribution in [0.5, 0.6) is 0 Å². The normalized spacial score (nSPS) is 10.4. The predicted octanol–water partition coefficient (Wildman–Crippen LogP) is 1.21. The van der Waals surface area contributed by atoms with E-state index in [2.05, 4.69) is 9.84 Å². The molecule has 5 nitrogen and oxygen atoms in total. The second-order valence-electron chi connectivity index (χ2n) is 3.48. The maximum absolute atomic E-state index is 11.5. The molecule has 0 bridgehead atoms. The fourth-order valence-electron chi connectivity index (χ4n) is 1.07. The van der Waals surface area contributed by atoms with E-state index in [9.17, 15) is 9.59 Å². The number of Topliss-reactive ketones (excluding diaryl/α,β-unsaturated/α-hetero) is 1. The molecule has 0 fully saturated rings. The largest absolute Gasteiger partial charge is 0.469 e. The van der Waals surface area contributed by atoms with Crippen molar-refractivity contribution in [3.63, 3.8) is 0 Å². The van der Waals surface area contributed by atoms with Gasteiger partial charge in [-0.15, -0.1) is 0 Å². The summed E-state index contributed by atoms with van der Waals surface area (Å²) >= 11 is 0. The predicted molar refractivity (Wildman–Crippen MR) is 53.6 cm³/mol. The first-order valence-electron chi connectivity index (χ1n) is 4.68. The number of rotatable bonds is 4. The molecule has 0 aliphatic carbocycles. The molecule has 0 saturated heterocycles. The van der Waals surface area contributed by atoms with E-state index in [0.29, 0.717) is 5.56 Å². The Morgan fingerprint density at radius 3 is 2.67 bits per heavy atom. The number of aromatic nitrogens is 2. The lowest BCUT2D eigenvalue weighted by atomic mass is 10.2. The number of ether oxygens (including phenoxy) is 1. The Labute approximate surface area is 88.0 Å². The van der Waals surface area contributed by atoms with Crippen molar-refractivity contribution in [2.45, 2.75) is 26.3 Å². The first-order chi connectivity index (χ1) is 7.04. The van der Waals surface area contributed by atoms with Crippen LogP contribution in [0, 0.1) is 0 Å². The highest BCUT2D eigenvalue weighted by molar-refractivity contribution is 6.05. The van der Waals surface area contributed by atoms with E-state index >= 15 is 0 Å². The van der Waals surface area contributed by atoms with Crippen molar-refractivity contribution < 1.29 is 14.3 Å². The van der Waals surface area contributed by atoms with Gasteiger partial charge in [-0.2, -0.15) is 5.10 Å². The highest BCUT2D eigenvalue weighted by atomic mass is 16.5. The van der Waals surface area contributed by atoms with E-state index < -0.39 is 5.97 Å². The molecule has 0 aromatic carbocycles. The number of methoxy groups -OCH3 is 1. The maximum atomic E-state index is 11.5. The summed E-state index contributed by atoms with van der Waals surface area (Å²) in [6.07, 6.45) is 2.86. The highest BCUT2D eigenvalue weighted by Crippen LogP contribution is 2.07. The van der Waals surface area contributed by atoms with Crippen LogP contribution in [0.4, 0.5) is 0 Å². The zero-order valence-corrected chi connectivity index (χ0v) is 9.06. The van der Waals surface area contributed by atoms with Crippen LogP contribution in [0.2, 0.25) is 0 Å². The Balaban J connectivity index is 2.70. The lowest BCUT2D eigenvalue weighted by Crippen LogP contribution is -2.09. The van der Waals surface area contributed by atoms with E-state index in [0.717, 1.165) is 0 Å². The molecule has 0 radical (unpaired) electrons. The minimum Gasteiger partial charge on any atom is -0.469 e. The summed E-state index contributed by atoms with van der Waals surface area (Å²) in [5.41, 5.74) is 0.439. The van der Waals surface area contributed by atoms with Crippen molar-refractivity contribution in [2.24, 2.45) is 0 Å². The molecule has 0 saturated carbocycles. The van der Waals surface area contributed by atoms with Crippen molar-refractivity contribution in [3.05, 3.63) is 18.0 Å².